The number of aliphatic hydroxyl groups is 6. The molecule has 0 bridgehead atoms. The predicted octanol–water partition coefficient (Wildman–Crippen LogP) is -4.45. The molecule has 2 atom stereocenters. The summed E-state index contributed by atoms with van der Waals surface area (Å²) in [5.74, 6) is -3.09. The summed E-state index contributed by atoms with van der Waals surface area (Å²) in [7, 11) is 0. The maximum atomic E-state index is 11.3. The molecule has 0 rings (SSSR count). The zero-order chi connectivity index (χ0) is 12.9. The largest absolute Gasteiger partial charge is 0.393 e. The molecule has 6 N–H and O–H groups in total. The van der Waals surface area contributed by atoms with Crippen LogP contribution in [0.1, 0.15) is 0 Å². The van der Waals surface area contributed by atoms with Gasteiger partial charge in [0, 0.05) is 0 Å². The van der Waals surface area contributed by atoms with Crippen LogP contribution in [0.15, 0.2) is 0 Å². The number of rotatable bonds is 7. The van der Waals surface area contributed by atoms with Gasteiger partial charge in [0.2, 0.25) is 17.2 Å². The van der Waals surface area contributed by atoms with Crippen LogP contribution in [-0.4, -0.2) is 79.8 Å². The van der Waals surface area contributed by atoms with E-state index in [1.807, 2.05) is 0 Å². The normalized spacial score (nSPS) is 18.6. The van der Waals surface area contributed by atoms with Crippen molar-refractivity contribution in [1.82, 2.24) is 0 Å². The molecule has 0 saturated carbocycles. The zero-order valence-corrected chi connectivity index (χ0v) is 8.28. The molecule has 16 heavy (non-hydrogen) atoms. The molecule has 94 valence electrons. The first-order chi connectivity index (χ1) is 7.34. The molecule has 0 aliphatic rings. The molecule has 0 aromatic heterocycles. The van der Waals surface area contributed by atoms with Gasteiger partial charge in [0.25, 0.3) is 0 Å². The summed E-state index contributed by atoms with van der Waals surface area (Å²) in [4.78, 5) is 22.5. The Labute approximate surface area is 90.4 Å². The summed E-state index contributed by atoms with van der Waals surface area (Å²) in [6, 6.07) is 0. The molecule has 0 aliphatic heterocycles. The third-order valence-electron chi connectivity index (χ3n) is 2.00. The van der Waals surface area contributed by atoms with Gasteiger partial charge in [-0.2, -0.15) is 0 Å². The van der Waals surface area contributed by atoms with Crippen LogP contribution in [-0.2, 0) is 9.59 Å². The minimum atomic E-state index is -3.04. The third-order valence-corrected chi connectivity index (χ3v) is 2.00. The summed E-state index contributed by atoms with van der Waals surface area (Å²) in [5, 5.41) is 53.0. The van der Waals surface area contributed by atoms with Crippen LogP contribution < -0.4 is 0 Å². The monoisotopic (exact) mass is 238 g/mol. The summed E-state index contributed by atoms with van der Waals surface area (Å²) < 4.78 is 0. The Bertz CT molecular complexity index is 241. The van der Waals surface area contributed by atoms with E-state index in [0.29, 0.717) is 0 Å². The lowest BCUT2D eigenvalue weighted by Crippen LogP contribution is -2.58. The highest BCUT2D eigenvalue weighted by Gasteiger charge is 2.48. The summed E-state index contributed by atoms with van der Waals surface area (Å²) in [5.41, 5.74) is -3.04. The highest BCUT2D eigenvalue weighted by atomic mass is 16.4. The predicted molar refractivity (Wildman–Crippen MR) is 48.2 cm³/mol. The van der Waals surface area contributed by atoms with E-state index in [1.54, 1.807) is 0 Å². The van der Waals surface area contributed by atoms with Gasteiger partial charge in [-0.05, 0) is 0 Å². The molecular formula is C8H14O8. The Morgan fingerprint density at radius 2 is 1.25 bits per heavy atom. The lowest BCUT2D eigenvalue weighted by Gasteiger charge is -2.26. The first-order valence-electron chi connectivity index (χ1n) is 4.34. The van der Waals surface area contributed by atoms with Crippen LogP contribution >= 0.6 is 0 Å². The Balaban J connectivity index is 5.04. The second-order valence-electron chi connectivity index (χ2n) is 3.14. The van der Waals surface area contributed by atoms with Gasteiger partial charge in [0.15, 0.2) is 0 Å². The molecule has 0 heterocycles. The Hall–Kier alpha value is -0.900. The average molecular weight is 238 g/mol. The second kappa shape index (κ2) is 5.99. The maximum absolute atomic E-state index is 11.3. The Kier molecular flexibility index (Phi) is 5.65. The van der Waals surface area contributed by atoms with Crippen molar-refractivity contribution in [3.05, 3.63) is 0 Å². The molecule has 0 radical (unpaired) electrons. The first-order valence-corrected chi connectivity index (χ1v) is 4.34. The van der Waals surface area contributed by atoms with Crippen LogP contribution in [0.5, 0.6) is 0 Å². The van der Waals surface area contributed by atoms with E-state index in [1.165, 1.54) is 0 Å². The minimum Gasteiger partial charge on any atom is -0.393 e. The lowest BCUT2D eigenvalue weighted by atomic mass is 9.88. The molecule has 0 amide bonds. The Morgan fingerprint density at radius 3 is 1.44 bits per heavy atom. The zero-order valence-electron chi connectivity index (χ0n) is 8.28. The highest BCUT2D eigenvalue weighted by Crippen LogP contribution is 2.12. The van der Waals surface area contributed by atoms with Crippen LogP contribution in [0.25, 0.3) is 0 Å². The van der Waals surface area contributed by atoms with E-state index < -0.39 is 49.2 Å². The fourth-order valence-corrected chi connectivity index (χ4v) is 0.994. The molecule has 0 fully saturated rings. The van der Waals surface area contributed by atoms with Crippen molar-refractivity contribution in [3.63, 3.8) is 0 Å². The highest BCUT2D eigenvalue weighted by molar-refractivity contribution is 6.13. The standard InChI is InChI=1S/C8H14O8/c9-1-4(12)6(14)8(16,3-11)7(15)5(13)2-10/h4-5,9-13,16H,1-3H2. The van der Waals surface area contributed by atoms with Crippen molar-refractivity contribution in [2.24, 2.45) is 0 Å². The van der Waals surface area contributed by atoms with Gasteiger partial charge in [-0.3, -0.25) is 9.59 Å². The van der Waals surface area contributed by atoms with Gasteiger partial charge in [0.1, 0.15) is 12.2 Å². The molecule has 8 nitrogen and oxygen atoms in total. The van der Waals surface area contributed by atoms with Gasteiger partial charge in [-0.25, -0.2) is 0 Å². The fraction of sp³-hybridized carbons (Fsp3) is 0.750. The van der Waals surface area contributed by atoms with Gasteiger partial charge >= 0.3 is 0 Å². The number of Topliss-reactive ketones (excluding diaryl/α,β-unsaturated/α-hetero) is 2. The van der Waals surface area contributed by atoms with Gasteiger partial charge < -0.3 is 30.6 Å². The van der Waals surface area contributed by atoms with Gasteiger partial charge in [0.05, 0.1) is 19.8 Å². The van der Waals surface area contributed by atoms with Crippen molar-refractivity contribution in [2.45, 2.75) is 17.8 Å². The average Bonchev–Trinajstić information content (AvgIpc) is 2.33. The van der Waals surface area contributed by atoms with Gasteiger partial charge in [-0.15, -0.1) is 0 Å². The number of aliphatic hydroxyl groups excluding tert-OH is 5. The SMILES string of the molecule is O=C(C(O)CO)C(O)(CO)C(=O)C(O)CO. The minimum absolute atomic E-state index is 1.05. The number of ketones is 2. The van der Waals surface area contributed by atoms with Crippen molar-refractivity contribution in [3.8, 4) is 0 Å². The number of hydrogen-bond donors (Lipinski definition) is 6. The van der Waals surface area contributed by atoms with Crippen LogP contribution in [0, 0.1) is 0 Å². The van der Waals surface area contributed by atoms with E-state index in [9.17, 15) is 14.7 Å². The van der Waals surface area contributed by atoms with Crippen LogP contribution in [0.2, 0.25) is 0 Å². The summed E-state index contributed by atoms with van der Waals surface area (Å²) in [6.45, 7) is -3.48. The van der Waals surface area contributed by atoms with E-state index in [0.717, 1.165) is 0 Å². The number of carbonyl (C=O) groups is 2. The summed E-state index contributed by atoms with van der Waals surface area (Å²) >= 11 is 0. The van der Waals surface area contributed by atoms with Crippen molar-refractivity contribution >= 4 is 11.6 Å². The van der Waals surface area contributed by atoms with Gasteiger partial charge in [-0.1, -0.05) is 0 Å². The summed E-state index contributed by atoms with van der Waals surface area (Å²) in [6.07, 6.45) is -4.13. The van der Waals surface area contributed by atoms with Crippen LogP contribution in [0.3, 0.4) is 0 Å². The van der Waals surface area contributed by atoms with E-state index in [2.05, 4.69) is 0 Å². The lowest BCUT2D eigenvalue weighted by molar-refractivity contribution is -0.167. The maximum Gasteiger partial charge on any atom is 0.210 e. The van der Waals surface area contributed by atoms with Crippen molar-refractivity contribution in [2.75, 3.05) is 19.8 Å². The number of carbonyl (C=O) groups excluding carboxylic acids is 2. The first kappa shape index (κ1) is 15.1. The molecule has 0 aromatic carbocycles. The second-order valence-corrected chi connectivity index (χ2v) is 3.14. The molecule has 0 saturated heterocycles. The molecule has 8 heteroatoms. The molecule has 0 aromatic rings. The van der Waals surface area contributed by atoms with Crippen molar-refractivity contribution in [1.29, 1.82) is 0 Å². The molecule has 0 aliphatic carbocycles. The van der Waals surface area contributed by atoms with Crippen molar-refractivity contribution < 1.29 is 40.2 Å². The third kappa shape index (κ3) is 2.82. The van der Waals surface area contributed by atoms with E-state index >= 15 is 0 Å². The van der Waals surface area contributed by atoms with Crippen LogP contribution in [0.4, 0.5) is 0 Å². The number of hydrogen-bond acceptors (Lipinski definition) is 8. The Morgan fingerprint density at radius 1 is 0.938 bits per heavy atom. The smallest absolute Gasteiger partial charge is 0.210 e. The quantitative estimate of drug-likeness (QED) is 0.243. The molecule has 2 unspecified atom stereocenters. The fourth-order valence-electron chi connectivity index (χ4n) is 0.994. The topological polar surface area (TPSA) is 156 Å². The van der Waals surface area contributed by atoms with E-state index in [-0.39, 0.29) is 0 Å². The molecular weight excluding hydrogens is 224 g/mol. The van der Waals surface area contributed by atoms with E-state index in [4.69, 9.17) is 25.5 Å². The molecule has 0 spiro atoms.